The summed E-state index contributed by atoms with van der Waals surface area (Å²) in [7, 11) is 0. The molecule has 1 saturated carbocycles. The van der Waals surface area contributed by atoms with Gasteiger partial charge < -0.3 is 9.47 Å². The van der Waals surface area contributed by atoms with Crippen LogP contribution in [0.4, 0.5) is 0 Å². The Morgan fingerprint density at radius 2 is 1.74 bits per heavy atom. The highest BCUT2D eigenvalue weighted by Gasteiger charge is 2.08. The van der Waals surface area contributed by atoms with Crippen molar-refractivity contribution in [2.24, 2.45) is 5.10 Å². The largest absolute Gasteiger partial charge is 0.494 e. The van der Waals surface area contributed by atoms with Gasteiger partial charge in [-0.15, -0.1) is 0 Å². The molecule has 0 radical (unpaired) electrons. The number of hydrogen-bond acceptors (Lipinski definition) is 4. The van der Waals surface area contributed by atoms with E-state index < -0.39 is 0 Å². The summed E-state index contributed by atoms with van der Waals surface area (Å²) >= 11 is 0. The summed E-state index contributed by atoms with van der Waals surface area (Å²) < 4.78 is 11.0. The maximum atomic E-state index is 11.7. The second-order valence-electron chi connectivity index (χ2n) is 5.74. The quantitative estimate of drug-likeness (QED) is 0.587. The first-order valence-electron chi connectivity index (χ1n) is 8.48. The maximum absolute atomic E-state index is 11.7. The second kappa shape index (κ2) is 9.87. The molecule has 0 aromatic heterocycles. The molecule has 2 rings (SSSR count). The molecule has 23 heavy (non-hydrogen) atoms. The zero-order chi connectivity index (χ0) is 16.3. The van der Waals surface area contributed by atoms with Crippen LogP contribution in [0.2, 0.25) is 0 Å². The van der Waals surface area contributed by atoms with E-state index >= 15 is 0 Å². The minimum Gasteiger partial charge on any atom is -0.494 e. The molecule has 1 N–H and O–H groups in total. The lowest BCUT2D eigenvalue weighted by Crippen LogP contribution is -2.26. The number of hydrazone groups is 1. The normalized spacial score (nSPS) is 14.2. The Morgan fingerprint density at radius 1 is 1.09 bits per heavy atom. The highest BCUT2D eigenvalue weighted by atomic mass is 16.5. The van der Waals surface area contributed by atoms with Crippen molar-refractivity contribution in [3.05, 3.63) is 24.3 Å². The molecule has 1 aliphatic rings. The van der Waals surface area contributed by atoms with Gasteiger partial charge in [-0.2, -0.15) is 5.10 Å². The number of nitrogens with one attached hydrogen (secondary N) is 1. The molecule has 5 nitrogen and oxygen atoms in total. The Kier molecular flexibility index (Phi) is 7.43. The van der Waals surface area contributed by atoms with E-state index in [1.54, 1.807) is 0 Å². The number of nitrogens with zero attached hydrogens (tertiary/aromatic N) is 1. The molecule has 0 spiro atoms. The van der Waals surface area contributed by atoms with Crippen LogP contribution in [-0.2, 0) is 4.79 Å². The Hall–Kier alpha value is -2.04. The number of rotatable bonds is 8. The Labute approximate surface area is 138 Å². The van der Waals surface area contributed by atoms with Gasteiger partial charge in [0.25, 0.3) is 5.91 Å². The van der Waals surface area contributed by atoms with Gasteiger partial charge >= 0.3 is 0 Å². The SMILES string of the molecule is CCCCOc1ccc(OCC(=O)NN=C2CCCCC2)cc1. The Balaban J connectivity index is 1.69. The highest BCUT2D eigenvalue weighted by Crippen LogP contribution is 2.18. The minimum absolute atomic E-state index is 0.0349. The van der Waals surface area contributed by atoms with Crippen LogP contribution in [0.25, 0.3) is 0 Å². The van der Waals surface area contributed by atoms with Gasteiger partial charge in [0.05, 0.1) is 6.61 Å². The van der Waals surface area contributed by atoms with E-state index in [9.17, 15) is 4.79 Å². The zero-order valence-corrected chi connectivity index (χ0v) is 13.8. The molecule has 1 fully saturated rings. The third kappa shape index (κ3) is 6.72. The third-order valence-electron chi connectivity index (χ3n) is 3.73. The first kappa shape index (κ1) is 17.3. The number of amides is 1. The number of ether oxygens (including phenoxy) is 2. The topological polar surface area (TPSA) is 59.9 Å². The Morgan fingerprint density at radius 3 is 2.39 bits per heavy atom. The Bertz CT molecular complexity index is 504. The lowest BCUT2D eigenvalue weighted by Gasteiger charge is -2.12. The van der Waals surface area contributed by atoms with Crippen LogP contribution in [0.5, 0.6) is 11.5 Å². The smallest absolute Gasteiger partial charge is 0.277 e. The molecule has 0 bridgehead atoms. The standard InChI is InChI=1S/C18H26N2O3/c1-2-3-13-22-16-9-11-17(12-10-16)23-14-18(21)20-19-15-7-5-4-6-8-15/h9-12H,2-8,13-14H2,1H3,(H,20,21). The van der Waals surface area contributed by atoms with Crippen LogP contribution in [0.15, 0.2) is 29.4 Å². The molecule has 0 unspecified atom stereocenters. The molecule has 1 aromatic carbocycles. The average Bonchev–Trinajstić information content (AvgIpc) is 2.60. The van der Waals surface area contributed by atoms with Crippen LogP contribution in [0.3, 0.4) is 0 Å². The van der Waals surface area contributed by atoms with Crippen LogP contribution < -0.4 is 14.9 Å². The van der Waals surface area contributed by atoms with E-state index in [1.807, 2.05) is 24.3 Å². The van der Waals surface area contributed by atoms with Gasteiger partial charge in [0.1, 0.15) is 11.5 Å². The number of benzene rings is 1. The van der Waals surface area contributed by atoms with Gasteiger partial charge in [-0.1, -0.05) is 19.8 Å². The summed E-state index contributed by atoms with van der Waals surface area (Å²) in [5.41, 5.74) is 3.65. The van der Waals surface area contributed by atoms with Crippen LogP contribution in [-0.4, -0.2) is 24.8 Å². The molecular weight excluding hydrogens is 292 g/mol. The highest BCUT2D eigenvalue weighted by molar-refractivity contribution is 5.87. The van der Waals surface area contributed by atoms with Crippen molar-refractivity contribution < 1.29 is 14.3 Å². The number of carbonyl (C=O) groups is 1. The average molecular weight is 318 g/mol. The maximum Gasteiger partial charge on any atom is 0.277 e. The lowest BCUT2D eigenvalue weighted by atomic mass is 9.99. The predicted molar refractivity (Wildman–Crippen MR) is 91.0 cm³/mol. The number of unbranched alkanes of at least 4 members (excludes halogenated alkanes) is 1. The second-order valence-corrected chi connectivity index (χ2v) is 5.74. The summed E-state index contributed by atoms with van der Waals surface area (Å²) in [6, 6.07) is 7.32. The fraction of sp³-hybridized carbons (Fsp3) is 0.556. The first-order chi connectivity index (χ1) is 11.3. The van der Waals surface area contributed by atoms with E-state index in [1.165, 1.54) is 6.42 Å². The number of carbonyl (C=O) groups excluding carboxylic acids is 1. The van der Waals surface area contributed by atoms with E-state index in [2.05, 4.69) is 17.5 Å². The minimum atomic E-state index is -0.230. The van der Waals surface area contributed by atoms with Crippen molar-refractivity contribution in [1.82, 2.24) is 5.43 Å². The molecular formula is C18H26N2O3. The first-order valence-corrected chi connectivity index (χ1v) is 8.48. The predicted octanol–water partition coefficient (Wildman–Crippen LogP) is 3.68. The summed E-state index contributed by atoms with van der Waals surface area (Å²) in [6.45, 7) is 2.82. The summed E-state index contributed by atoms with van der Waals surface area (Å²) in [6.07, 6.45) is 7.71. The zero-order valence-electron chi connectivity index (χ0n) is 13.8. The van der Waals surface area contributed by atoms with Crippen molar-refractivity contribution in [2.75, 3.05) is 13.2 Å². The number of hydrogen-bond donors (Lipinski definition) is 1. The van der Waals surface area contributed by atoms with Crippen LogP contribution >= 0.6 is 0 Å². The van der Waals surface area contributed by atoms with Gasteiger partial charge in [0, 0.05) is 5.71 Å². The van der Waals surface area contributed by atoms with Crippen molar-refractivity contribution in [2.45, 2.75) is 51.9 Å². The van der Waals surface area contributed by atoms with E-state index in [0.29, 0.717) is 5.75 Å². The third-order valence-corrected chi connectivity index (χ3v) is 3.73. The molecule has 1 aromatic rings. The van der Waals surface area contributed by atoms with Crippen molar-refractivity contribution in [1.29, 1.82) is 0 Å². The van der Waals surface area contributed by atoms with Crippen LogP contribution in [0.1, 0.15) is 51.9 Å². The van der Waals surface area contributed by atoms with E-state index in [0.717, 1.165) is 56.6 Å². The van der Waals surface area contributed by atoms with Gasteiger partial charge in [0.15, 0.2) is 6.61 Å². The van der Waals surface area contributed by atoms with Crippen molar-refractivity contribution in [3.8, 4) is 11.5 Å². The van der Waals surface area contributed by atoms with Gasteiger partial charge in [-0.3, -0.25) is 4.79 Å². The summed E-state index contributed by atoms with van der Waals surface area (Å²) in [5.74, 6) is 1.23. The molecule has 0 saturated heterocycles. The molecule has 5 heteroatoms. The van der Waals surface area contributed by atoms with E-state index in [4.69, 9.17) is 9.47 Å². The molecule has 126 valence electrons. The summed E-state index contributed by atoms with van der Waals surface area (Å²) in [4.78, 5) is 11.7. The molecule has 1 aliphatic carbocycles. The molecule has 0 heterocycles. The van der Waals surface area contributed by atoms with Gasteiger partial charge in [0.2, 0.25) is 0 Å². The van der Waals surface area contributed by atoms with Gasteiger partial charge in [-0.05, 0) is 56.4 Å². The monoisotopic (exact) mass is 318 g/mol. The van der Waals surface area contributed by atoms with Crippen molar-refractivity contribution in [3.63, 3.8) is 0 Å². The molecule has 1 amide bonds. The summed E-state index contributed by atoms with van der Waals surface area (Å²) in [5, 5.41) is 4.17. The van der Waals surface area contributed by atoms with Crippen LogP contribution in [0, 0.1) is 0 Å². The van der Waals surface area contributed by atoms with Gasteiger partial charge in [-0.25, -0.2) is 5.43 Å². The molecule has 0 atom stereocenters. The van der Waals surface area contributed by atoms with Crippen molar-refractivity contribution >= 4 is 11.6 Å². The fourth-order valence-electron chi connectivity index (χ4n) is 2.36. The van der Waals surface area contributed by atoms with E-state index in [-0.39, 0.29) is 12.5 Å². The molecule has 0 aliphatic heterocycles. The fourth-order valence-corrected chi connectivity index (χ4v) is 2.36. The lowest BCUT2D eigenvalue weighted by molar-refractivity contribution is -0.123.